The molecule has 2 fully saturated rings. The van der Waals surface area contributed by atoms with Crippen molar-refractivity contribution in [1.29, 1.82) is 0 Å². The molecule has 1 saturated carbocycles. The van der Waals surface area contributed by atoms with Crippen LogP contribution < -0.4 is 10.6 Å². The van der Waals surface area contributed by atoms with Gasteiger partial charge in [0.25, 0.3) is 0 Å². The summed E-state index contributed by atoms with van der Waals surface area (Å²) in [6, 6.07) is 5.85. The number of aryl methyl sites for hydroxylation is 1. The van der Waals surface area contributed by atoms with E-state index >= 15 is 0 Å². The first kappa shape index (κ1) is 19.4. The first-order valence-electron chi connectivity index (χ1n) is 10.7. The van der Waals surface area contributed by atoms with E-state index in [1.807, 2.05) is 18.2 Å². The fraction of sp³-hybridized carbons (Fsp3) is 0.636. The molecule has 2 N–H and O–H groups in total. The van der Waals surface area contributed by atoms with Crippen molar-refractivity contribution in [3.63, 3.8) is 0 Å². The van der Waals surface area contributed by atoms with Crippen molar-refractivity contribution in [3.8, 4) is 0 Å². The van der Waals surface area contributed by atoms with Crippen LogP contribution in [-0.4, -0.2) is 49.6 Å². The van der Waals surface area contributed by atoms with E-state index in [9.17, 15) is 9.59 Å². The van der Waals surface area contributed by atoms with Gasteiger partial charge >= 0.3 is 0 Å². The van der Waals surface area contributed by atoms with E-state index in [1.54, 1.807) is 0 Å². The lowest BCUT2D eigenvalue weighted by Gasteiger charge is -2.33. The van der Waals surface area contributed by atoms with Crippen LogP contribution in [0.2, 0.25) is 0 Å². The molecule has 1 aromatic carbocycles. The number of hydrogen-bond donors (Lipinski definition) is 2. The molecule has 3 aliphatic rings. The summed E-state index contributed by atoms with van der Waals surface area (Å²) in [6.07, 6.45) is 7.44. The quantitative estimate of drug-likeness (QED) is 0.835. The van der Waals surface area contributed by atoms with Gasteiger partial charge in [-0.05, 0) is 55.9 Å². The van der Waals surface area contributed by atoms with Crippen LogP contribution in [0.15, 0.2) is 18.2 Å². The smallest absolute Gasteiger partial charge is 0.231 e. The molecular weight excluding hydrogens is 354 g/mol. The normalized spacial score (nSPS) is 22.6. The minimum Gasteiger partial charge on any atom is -0.380 e. The van der Waals surface area contributed by atoms with Crippen molar-refractivity contribution < 1.29 is 14.3 Å². The van der Waals surface area contributed by atoms with Crippen LogP contribution in [0.5, 0.6) is 0 Å². The number of anilines is 2. The van der Waals surface area contributed by atoms with Crippen molar-refractivity contribution in [1.82, 2.24) is 4.90 Å². The Bertz CT molecular complexity index is 720. The van der Waals surface area contributed by atoms with Gasteiger partial charge in [0.1, 0.15) is 0 Å². The number of carbonyl (C=O) groups is 2. The van der Waals surface area contributed by atoms with E-state index in [2.05, 4.69) is 15.5 Å². The lowest BCUT2D eigenvalue weighted by molar-refractivity contribution is -0.126. The fourth-order valence-corrected chi connectivity index (χ4v) is 4.81. The molecule has 0 aromatic heterocycles. The Hall–Kier alpha value is -1.92. The standard InChI is InChI=1S/C22H31N3O3/c26-20-6-3-5-17-15-18(7-8-19(17)24-20)23-21(27)22(9-1-2-10-22)16-25-11-4-13-28-14-12-25/h7-8,15H,1-6,9-14,16H2,(H,23,27)(H,24,26). The molecule has 2 heterocycles. The van der Waals surface area contributed by atoms with Crippen LogP contribution in [0.25, 0.3) is 0 Å². The first-order chi connectivity index (χ1) is 13.6. The van der Waals surface area contributed by atoms with E-state index in [4.69, 9.17) is 4.74 Å². The summed E-state index contributed by atoms with van der Waals surface area (Å²) in [6.45, 7) is 4.32. The lowest BCUT2D eigenvalue weighted by atomic mass is 9.84. The van der Waals surface area contributed by atoms with E-state index in [0.29, 0.717) is 6.42 Å². The molecule has 0 atom stereocenters. The van der Waals surface area contributed by atoms with Crippen LogP contribution in [0.4, 0.5) is 11.4 Å². The summed E-state index contributed by atoms with van der Waals surface area (Å²) in [5.74, 6) is 0.217. The molecule has 6 heteroatoms. The van der Waals surface area contributed by atoms with Gasteiger partial charge in [0.15, 0.2) is 0 Å². The maximum Gasteiger partial charge on any atom is 0.231 e. The SMILES string of the molecule is O=C1CCCc2cc(NC(=O)C3(CN4CCCOCC4)CCCC3)ccc2N1. The second kappa shape index (κ2) is 8.62. The molecular formula is C22H31N3O3. The Morgan fingerprint density at radius 2 is 1.96 bits per heavy atom. The van der Waals surface area contributed by atoms with Crippen molar-refractivity contribution in [2.24, 2.45) is 5.41 Å². The Labute approximate surface area is 167 Å². The third-order valence-electron chi connectivity index (χ3n) is 6.37. The number of fused-ring (bicyclic) bond motifs is 1. The van der Waals surface area contributed by atoms with Gasteiger partial charge in [0, 0.05) is 44.0 Å². The van der Waals surface area contributed by atoms with Crippen LogP contribution in [0.3, 0.4) is 0 Å². The predicted octanol–water partition coefficient (Wildman–Crippen LogP) is 3.18. The van der Waals surface area contributed by atoms with E-state index in [-0.39, 0.29) is 17.2 Å². The monoisotopic (exact) mass is 385 g/mol. The van der Waals surface area contributed by atoms with Gasteiger partial charge in [-0.3, -0.25) is 14.5 Å². The van der Waals surface area contributed by atoms with Crippen LogP contribution in [0, 0.1) is 5.41 Å². The molecule has 0 unspecified atom stereocenters. The van der Waals surface area contributed by atoms with Gasteiger partial charge in [-0.15, -0.1) is 0 Å². The van der Waals surface area contributed by atoms with Crippen molar-refractivity contribution >= 4 is 23.2 Å². The van der Waals surface area contributed by atoms with Gasteiger partial charge in [0.05, 0.1) is 12.0 Å². The molecule has 1 saturated heterocycles. The van der Waals surface area contributed by atoms with Gasteiger partial charge in [0.2, 0.25) is 11.8 Å². The van der Waals surface area contributed by atoms with Crippen molar-refractivity contribution in [3.05, 3.63) is 23.8 Å². The third-order valence-corrected chi connectivity index (χ3v) is 6.37. The first-order valence-corrected chi connectivity index (χ1v) is 10.7. The predicted molar refractivity (Wildman–Crippen MR) is 109 cm³/mol. The lowest BCUT2D eigenvalue weighted by Crippen LogP contribution is -2.45. The average Bonchev–Trinajstić information content (AvgIpc) is 2.89. The number of rotatable bonds is 4. The van der Waals surface area contributed by atoms with Gasteiger partial charge in [-0.25, -0.2) is 0 Å². The highest BCUT2D eigenvalue weighted by molar-refractivity contribution is 5.97. The highest BCUT2D eigenvalue weighted by Crippen LogP contribution is 2.40. The number of nitrogens with one attached hydrogen (secondary N) is 2. The van der Waals surface area contributed by atoms with E-state index < -0.39 is 0 Å². The minimum absolute atomic E-state index is 0.0712. The maximum absolute atomic E-state index is 13.3. The zero-order valence-corrected chi connectivity index (χ0v) is 16.6. The second-order valence-corrected chi connectivity index (χ2v) is 8.46. The van der Waals surface area contributed by atoms with Gasteiger partial charge < -0.3 is 15.4 Å². The highest BCUT2D eigenvalue weighted by Gasteiger charge is 2.42. The summed E-state index contributed by atoms with van der Waals surface area (Å²) in [4.78, 5) is 27.5. The average molecular weight is 386 g/mol. The fourth-order valence-electron chi connectivity index (χ4n) is 4.81. The third kappa shape index (κ3) is 4.39. The number of ether oxygens (including phenoxy) is 1. The highest BCUT2D eigenvalue weighted by atomic mass is 16.5. The molecule has 2 amide bonds. The van der Waals surface area contributed by atoms with E-state index in [0.717, 1.165) is 94.7 Å². The van der Waals surface area contributed by atoms with E-state index in [1.165, 1.54) is 0 Å². The zero-order chi connectivity index (χ0) is 19.4. The minimum atomic E-state index is -0.300. The number of amides is 2. The molecule has 1 aliphatic carbocycles. The molecule has 0 radical (unpaired) electrons. The summed E-state index contributed by atoms with van der Waals surface area (Å²) in [5.41, 5.74) is 2.52. The molecule has 0 bridgehead atoms. The van der Waals surface area contributed by atoms with Crippen LogP contribution >= 0.6 is 0 Å². The molecule has 4 rings (SSSR count). The summed E-state index contributed by atoms with van der Waals surface area (Å²) in [7, 11) is 0. The zero-order valence-electron chi connectivity index (χ0n) is 16.6. The Kier molecular flexibility index (Phi) is 5.97. The second-order valence-electron chi connectivity index (χ2n) is 8.46. The summed E-state index contributed by atoms with van der Waals surface area (Å²) in [5, 5.41) is 6.16. The molecule has 6 nitrogen and oxygen atoms in total. The van der Waals surface area contributed by atoms with Crippen molar-refractivity contribution in [2.45, 2.75) is 51.4 Å². The number of carbonyl (C=O) groups excluding carboxylic acids is 2. The van der Waals surface area contributed by atoms with Crippen molar-refractivity contribution in [2.75, 3.05) is 43.5 Å². The van der Waals surface area contributed by atoms with Crippen LogP contribution in [-0.2, 0) is 20.7 Å². The largest absolute Gasteiger partial charge is 0.380 e. The van der Waals surface area contributed by atoms with Gasteiger partial charge in [-0.1, -0.05) is 12.8 Å². The Morgan fingerprint density at radius 1 is 1.11 bits per heavy atom. The molecule has 1 aromatic rings. The number of benzene rings is 1. The number of hydrogen-bond acceptors (Lipinski definition) is 4. The summed E-state index contributed by atoms with van der Waals surface area (Å²) < 4.78 is 5.58. The van der Waals surface area contributed by atoms with Crippen LogP contribution in [0.1, 0.15) is 50.5 Å². The Balaban J connectivity index is 1.47. The molecule has 152 valence electrons. The molecule has 28 heavy (non-hydrogen) atoms. The topological polar surface area (TPSA) is 70.7 Å². The maximum atomic E-state index is 13.3. The number of nitrogens with zero attached hydrogens (tertiary/aromatic N) is 1. The summed E-state index contributed by atoms with van der Waals surface area (Å²) >= 11 is 0. The molecule has 2 aliphatic heterocycles. The van der Waals surface area contributed by atoms with Gasteiger partial charge in [-0.2, -0.15) is 0 Å². The molecule has 0 spiro atoms. The Morgan fingerprint density at radius 3 is 2.82 bits per heavy atom.